The first-order valence-electron chi connectivity index (χ1n) is 5.29. The summed E-state index contributed by atoms with van der Waals surface area (Å²) < 4.78 is 0. The van der Waals surface area contributed by atoms with E-state index in [0.29, 0.717) is 11.6 Å². The van der Waals surface area contributed by atoms with Gasteiger partial charge in [-0.25, -0.2) is 0 Å². The Labute approximate surface area is 105 Å². The predicted molar refractivity (Wildman–Crippen MR) is 69.4 cm³/mol. The third-order valence-electron chi connectivity index (χ3n) is 2.42. The predicted octanol–water partition coefficient (Wildman–Crippen LogP) is 3.36. The Kier molecular flexibility index (Phi) is 3.49. The molecule has 88 valence electrons. The first-order chi connectivity index (χ1) is 8.15. The lowest BCUT2D eigenvalue weighted by atomic mass is 10.2. The lowest BCUT2D eigenvalue weighted by molar-refractivity contribution is 0.475. The summed E-state index contributed by atoms with van der Waals surface area (Å²) in [5, 5.41) is 12.9. The number of aryl methyl sites for hydroxylation is 1. The van der Waals surface area contributed by atoms with Gasteiger partial charge in [0.15, 0.2) is 0 Å². The number of rotatable bonds is 3. The second-order valence-corrected chi connectivity index (χ2v) is 4.23. The van der Waals surface area contributed by atoms with Crippen molar-refractivity contribution in [3.05, 3.63) is 52.8 Å². The van der Waals surface area contributed by atoms with Crippen LogP contribution in [0.4, 0.5) is 5.69 Å². The highest BCUT2D eigenvalue weighted by molar-refractivity contribution is 6.32. The minimum Gasteiger partial charge on any atom is -0.506 e. The summed E-state index contributed by atoms with van der Waals surface area (Å²) in [6.07, 6.45) is 1.79. The quantitative estimate of drug-likeness (QED) is 0.876. The smallest absolute Gasteiger partial charge is 0.134 e. The summed E-state index contributed by atoms with van der Waals surface area (Å²) in [4.78, 5) is 4.19. The van der Waals surface area contributed by atoms with Crippen molar-refractivity contribution in [2.45, 2.75) is 13.5 Å². The molecule has 0 fully saturated rings. The average Bonchev–Trinajstić information content (AvgIpc) is 2.33. The number of nitrogens with zero attached hydrogens (tertiary/aromatic N) is 1. The maximum atomic E-state index is 9.30. The van der Waals surface area contributed by atoms with E-state index in [9.17, 15) is 5.11 Å². The number of pyridine rings is 1. The van der Waals surface area contributed by atoms with E-state index < -0.39 is 0 Å². The molecule has 0 saturated heterocycles. The zero-order valence-electron chi connectivity index (χ0n) is 9.44. The molecular formula is C13H13ClN2O. The molecule has 0 aliphatic heterocycles. The molecule has 0 aliphatic rings. The normalized spacial score (nSPS) is 10.2. The van der Waals surface area contributed by atoms with Crippen LogP contribution in [0.15, 0.2) is 36.5 Å². The van der Waals surface area contributed by atoms with Gasteiger partial charge in [0.25, 0.3) is 0 Å². The molecule has 2 N–H and O–H groups in total. The maximum absolute atomic E-state index is 9.30. The molecule has 0 saturated carbocycles. The van der Waals surface area contributed by atoms with E-state index in [2.05, 4.69) is 10.3 Å². The second-order valence-electron chi connectivity index (χ2n) is 3.83. The van der Waals surface area contributed by atoms with Crippen LogP contribution in [0, 0.1) is 6.92 Å². The zero-order valence-corrected chi connectivity index (χ0v) is 10.2. The van der Waals surface area contributed by atoms with Crippen LogP contribution in [-0.4, -0.2) is 10.1 Å². The largest absolute Gasteiger partial charge is 0.506 e. The van der Waals surface area contributed by atoms with Crippen molar-refractivity contribution in [1.29, 1.82) is 0 Å². The van der Waals surface area contributed by atoms with Gasteiger partial charge >= 0.3 is 0 Å². The fourth-order valence-electron chi connectivity index (χ4n) is 1.44. The Morgan fingerprint density at radius 3 is 2.76 bits per heavy atom. The average molecular weight is 249 g/mol. The molecule has 0 spiro atoms. The number of nitrogens with one attached hydrogen (secondary N) is 1. The van der Waals surface area contributed by atoms with Gasteiger partial charge in [0.05, 0.1) is 16.9 Å². The summed E-state index contributed by atoms with van der Waals surface area (Å²) in [5.74, 6) is 0.104. The van der Waals surface area contributed by atoms with Gasteiger partial charge in [0.2, 0.25) is 0 Å². The first kappa shape index (κ1) is 11.7. The standard InChI is InChI=1S/C13H13ClN2O/c1-9-2-4-11(8-15-9)16-7-10-3-5-13(17)12(14)6-10/h2-6,8,16-17H,7H2,1H3. The SMILES string of the molecule is Cc1ccc(NCc2ccc(O)c(Cl)c2)cn1. The number of benzene rings is 1. The molecular weight excluding hydrogens is 236 g/mol. The van der Waals surface area contributed by atoms with Gasteiger partial charge in [-0.3, -0.25) is 4.98 Å². The van der Waals surface area contributed by atoms with Crippen molar-refractivity contribution >= 4 is 17.3 Å². The molecule has 4 heteroatoms. The van der Waals surface area contributed by atoms with Crippen LogP contribution in [0.2, 0.25) is 5.02 Å². The van der Waals surface area contributed by atoms with Crippen molar-refractivity contribution in [2.75, 3.05) is 5.32 Å². The molecule has 0 radical (unpaired) electrons. The van der Waals surface area contributed by atoms with Crippen molar-refractivity contribution in [2.24, 2.45) is 0 Å². The molecule has 17 heavy (non-hydrogen) atoms. The molecule has 2 rings (SSSR count). The number of aromatic nitrogens is 1. The molecule has 1 aromatic carbocycles. The van der Waals surface area contributed by atoms with E-state index in [1.165, 1.54) is 0 Å². The van der Waals surface area contributed by atoms with Crippen LogP contribution < -0.4 is 5.32 Å². The van der Waals surface area contributed by atoms with Crippen molar-refractivity contribution in [3.63, 3.8) is 0 Å². The van der Waals surface area contributed by atoms with E-state index in [0.717, 1.165) is 16.9 Å². The van der Waals surface area contributed by atoms with Gasteiger partial charge in [-0.15, -0.1) is 0 Å². The topological polar surface area (TPSA) is 45.1 Å². The highest BCUT2D eigenvalue weighted by Gasteiger charge is 2.00. The number of hydrogen-bond acceptors (Lipinski definition) is 3. The third-order valence-corrected chi connectivity index (χ3v) is 2.72. The Bertz CT molecular complexity index is 511. The molecule has 0 bridgehead atoms. The van der Waals surface area contributed by atoms with Crippen LogP contribution in [0.3, 0.4) is 0 Å². The third kappa shape index (κ3) is 3.11. The van der Waals surface area contributed by atoms with E-state index in [-0.39, 0.29) is 5.75 Å². The number of halogens is 1. The molecule has 2 aromatic rings. The van der Waals surface area contributed by atoms with E-state index in [4.69, 9.17) is 11.6 Å². The Morgan fingerprint density at radius 2 is 2.12 bits per heavy atom. The molecule has 3 nitrogen and oxygen atoms in total. The summed E-state index contributed by atoms with van der Waals surface area (Å²) in [6, 6.07) is 9.09. The Morgan fingerprint density at radius 1 is 1.29 bits per heavy atom. The molecule has 0 aliphatic carbocycles. The Hall–Kier alpha value is -1.74. The highest BCUT2D eigenvalue weighted by atomic mass is 35.5. The summed E-state index contributed by atoms with van der Waals surface area (Å²) >= 11 is 5.83. The monoisotopic (exact) mass is 248 g/mol. The van der Waals surface area contributed by atoms with Crippen molar-refractivity contribution in [1.82, 2.24) is 4.98 Å². The van der Waals surface area contributed by atoms with Gasteiger partial charge < -0.3 is 10.4 Å². The van der Waals surface area contributed by atoms with Gasteiger partial charge in [0.1, 0.15) is 5.75 Å². The molecule has 1 aromatic heterocycles. The van der Waals surface area contributed by atoms with Gasteiger partial charge in [-0.05, 0) is 36.8 Å². The fourth-order valence-corrected chi connectivity index (χ4v) is 1.64. The van der Waals surface area contributed by atoms with E-state index >= 15 is 0 Å². The number of phenolic OH excluding ortho intramolecular Hbond substituents is 1. The lowest BCUT2D eigenvalue weighted by Gasteiger charge is -2.07. The fraction of sp³-hybridized carbons (Fsp3) is 0.154. The van der Waals surface area contributed by atoms with Crippen LogP contribution >= 0.6 is 11.6 Å². The van der Waals surface area contributed by atoms with Crippen LogP contribution in [0.5, 0.6) is 5.75 Å². The van der Waals surface area contributed by atoms with Crippen LogP contribution in [-0.2, 0) is 6.54 Å². The number of phenols is 1. The Balaban J connectivity index is 2.02. The van der Waals surface area contributed by atoms with Gasteiger partial charge in [-0.2, -0.15) is 0 Å². The van der Waals surface area contributed by atoms with Crippen molar-refractivity contribution in [3.8, 4) is 5.75 Å². The van der Waals surface area contributed by atoms with Gasteiger partial charge in [-0.1, -0.05) is 17.7 Å². The first-order valence-corrected chi connectivity index (χ1v) is 5.67. The van der Waals surface area contributed by atoms with Crippen LogP contribution in [0.25, 0.3) is 0 Å². The number of aromatic hydroxyl groups is 1. The van der Waals surface area contributed by atoms with E-state index in [1.807, 2.05) is 25.1 Å². The molecule has 0 amide bonds. The number of hydrogen-bond donors (Lipinski definition) is 2. The highest BCUT2D eigenvalue weighted by Crippen LogP contribution is 2.23. The summed E-state index contributed by atoms with van der Waals surface area (Å²) in [5.41, 5.74) is 2.96. The minimum atomic E-state index is 0.104. The molecule has 0 atom stereocenters. The lowest BCUT2D eigenvalue weighted by Crippen LogP contribution is -1.99. The zero-order chi connectivity index (χ0) is 12.3. The minimum absolute atomic E-state index is 0.104. The summed E-state index contributed by atoms with van der Waals surface area (Å²) in [7, 11) is 0. The number of anilines is 1. The van der Waals surface area contributed by atoms with Crippen LogP contribution in [0.1, 0.15) is 11.3 Å². The van der Waals surface area contributed by atoms with Crippen molar-refractivity contribution < 1.29 is 5.11 Å². The maximum Gasteiger partial charge on any atom is 0.134 e. The second kappa shape index (κ2) is 5.06. The van der Waals surface area contributed by atoms with E-state index in [1.54, 1.807) is 18.3 Å². The molecule has 0 unspecified atom stereocenters. The molecule has 1 heterocycles. The summed E-state index contributed by atoms with van der Waals surface area (Å²) in [6.45, 7) is 2.59. The van der Waals surface area contributed by atoms with Gasteiger partial charge in [0, 0.05) is 12.2 Å².